The third-order valence-corrected chi connectivity index (χ3v) is 4.77. The molecule has 1 heterocycles. The summed E-state index contributed by atoms with van der Waals surface area (Å²) in [5.41, 5.74) is 1.14. The Bertz CT molecular complexity index is 927. The highest BCUT2D eigenvalue weighted by Crippen LogP contribution is 2.26. The highest BCUT2D eigenvalue weighted by atomic mass is 16.5. The smallest absolute Gasteiger partial charge is 0.161 e. The number of benzene rings is 2. The van der Waals surface area contributed by atoms with E-state index in [-0.39, 0.29) is 6.61 Å². The molecule has 166 valence electrons. The lowest BCUT2D eigenvalue weighted by molar-refractivity contribution is 0.0730. The molecule has 0 saturated heterocycles. The molecule has 0 aliphatic rings. The summed E-state index contributed by atoms with van der Waals surface area (Å²) in [7, 11) is 3.92. The van der Waals surface area contributed by atoms with Gasteiger partial charge in [0.2, 0.25) is 0 Å². The highest BCUT2D eigenvalue weighted by molar-refractivity contribution is 5.39. The average Bonchev–Trinajstić information content (AvgIpc) is 3.17. The van der Waals surface area contributed by atoms with Crippen LogP contribution in [0.2, 0.25) is 0 Å². The zero-order valence-electron chi connectivity index (χ0n) is 18.4. The zero-order valence-corrected chi connectivity index (χ0v) is 18.4. The van der Waals surface area contributed by atoms with E-state index in [1.807, 2.05) is 80.3 Å². The molecule has 7 heteroatoms. The van der Waals surface area contributed by atoms with Gasteiger partial charge in [0.05, 0.1) is 6.61 Å². The fourth-order valence-corrected chi connectivity index (χ4v) is 3.19. The molecule has 7 nitrogen and oxygen atoms in total. The molecular formula is C24H31N3O4. The molecule has 3 rings (SSSR count). The lowest BCUT2D eigenvalue weighted by atomic mass is 10.2. The summed E-state index contributed by atoms with van der Waals surface area (Å²) in [5.74, 6) is 3.02. The van der Waals surface area contributed by atoms with Crippen molar-refractivity contribution >= 4 is 0 Å². The number of hydrogen-bond acceptors (Lipinski definition) is 6. The van der Waals surface area contributed by atoms with E-state index >= 15 is 0 Å². The van der Waals surface area contributed by atoms with Crippen LogP contribution in [0.1, 0.15) is 18.3 Å². The van der Waals surface area contributed by atoms with Crippen LogP contribution in [0.5, 0.6) is 17.2 Å². The lowest BCUT2D eigenvalue weighted by Gasteiger charge is -2.21. The Labute approximate surface area is 183 Å². The zero-order chi connectivity index (χ0) is 22.1. The minimum Gasteiger partial charge on any atom is -0.490 e. The van der Waals surface area contributed by atoms with Gasteiger partial charge in [-0.2, -0.15) is 0 Å². The van der Waals surface area contributed by atoms with Crippen LogP contribution < -0.4 is 14.2 Å². The van der Waals surface area contributed by atoms with Crippen molar-refractivity contribution in [1.29, 1.82) is 0 Å². The molecule has 1 atom stereocenters. The molecule has 1 N–H and O–H groups in total. The lowest BCUT2D eigenvalue weighted by Crippen LogP contribution is -2.32. The number of aryl methyl sites for hydroxylation is 1. The van der Waals surface area contributed by atoms with Crippen LogP contribution in [0, 0.1) is 0 Å². The minimum absolute atomic E-state index is 0.203. The fraction of sp³-hybridized carbons (Fsp3) is 0.375. The predicted molar refractivity (Wildman–Crippen MR) is 119 cm³/mol. The van der Waals surface area contributed by atoms with Gasteiger partial charge >= 0.3 is 0 Å². The van der Waals surface area contributed by atoms with E-state index in [0.717, 1.165) is 17.1 Å². The van der Waals surface area contributed by atoms with Gasteiger partial charge in [0.15, 0.2) is 11.5 Å². The molecule has 2 aromatic carbocycles. The van der Waals surface area contributed by atoms with Crippen molar-refractivity contribution in [2.45, 2.75) is 26.2 Å². The number of nitrogens with zero attached hydrogens (tertiary/aromatic N) is 3. The summed E-state index contributed by atoms with van der Waals surface area (Å²) in [5, 5.41) is 10.4. The number of aliphatic hydroxyl groups excluding tert-OH is 1. The molecule has 1 aromatic heterocycles. The molecule has 0 radical (unpaired) electrons. The van der Waals surface area contributed by atoms with Crippen molar-refractivity contribution < 1.29 is 19.3 Å². The third kappa shape index (κ3) is 7.01. The van der Waals surface area contributed by atoms with Gasteiger partial charge in [-0.05, 0) is 43.8 Å². The molecule has 0 aliphatic heterocycles. The largest absolute Gasteiger partial charge is 0.490 e. The summed E-state index contributed by atoms with van der Waals surface area (Å²) in [6.45, 7) is 4.34. The molecule has 3 aromatic rings. The van der Waals surface area contributed by atoms with E-state index in [9.17, 15) is 5.11 Å². The number of aliphatic hydroxyl groups is 1. The number of ether oxygens (including phenoxy) is 3. The first kappa shape index (κ1) is 22.7. The Morgan fingerprint density at radius 1 is 1.03 bits per heavy atom. The summed E-state index contributed by atoms with van der Waals surface area (Å²) >= 11 is 0. The summed E-state index contributed by atoms with van der Waals surface area (Å²) < 4.78 is 19.0. The van der Waals surface area contributed by atoms with Crippen molar-refractivity contribution in [1.82, 2.24) is 14.5 Å². The van der Waals surface area contributed by atoms with Gasteiger partial charge in [-0.1, -0.05) is 24.3 Å². The van der Waals surface area contributed by atoms with Crippen LogP contribution in [0.4, 0.5) is 0 Å². The number of para-hydroxylation sites is 2. The van der Waals surface area contributed by atoms with Gasteiger partial charge in [-0.3, -0.25) is 4.90 Å². The number of imidazole rings is 1. The van der Waals surface area contributed by atoms with E-state index < -0.39 is 6.10 Å². The quantitative estimate of drug-likeness (QED) is 0.480. The Hall–Kier alpha value is -3.03. The molecule has 0 saturated carbocycles. The second kappa shape index (κ2) is 11.4. The Morgan fingerprint density at radius 3 is 2.39 bits per heavy atom. The van der Waals surface area contributed by atoms with Crippen LogP contribution >= 0.6 is 0 Å². The molecule has 31 heavy (non-hydrogen) atoms. The maximum Gasteiger partial charge on any atom is 0.161 e. The van der Waals surface area contributed by atoms with Gasteiger partial charge in [0.25, 0.3) is 0 Å². The monoisotopic (exact) mass is 425 g/mol. The number of likely N-dealkylation sites (N-methyl/N-ethyl adjacent to an activating group) is 1. The van der Waals surface area contributed by atoms with Crippen LogP contribution in [0.25, 0.3) is 0 Å². The molecule has 0 aliphatic carbocycles. The molecule has 0 bridgehead atoms. The van der Waals surface area contributed by atoms with Crippen LogP contribution in [-0.4, -0.2) is 52.5 Å². The topological polar surface area (TPSA) is 69.0 Å². The van der Waals surface area contributed by atoms with E-state index in [1.54, 1.807) is 6.20 Å². The van der Waals surface area contributed by atoms with Crippen LogP contribution in [0.3, 0.4) is 0 Å². The predicted octanol–water partition coefficient (Wildman–Crippen LogP) is 3.27. The van der Waals surface area contributed by atoms with Crippen molar-refractivity contribution in [2.24, 2.45) is 7.05 Å². The Balaban J connectivity index is 1.42. The fourth-order valence-electron chi connectivity index (χ4n) is 3.19. The second-order valence-electron chi connectivity index (χ2n) is 7.43. The van der Waals surface area contributed by atoms with Crippen molar-refractivity contribution in [3.8, 4) is 17.2 Å². The number of hydrogen-bond donors (Lipinski definition) is 1. The molecule has 0 amide bonds. The standard InChI is InChI=1S/C24H31N3O4/c1-4-29-22-7-5-6-8-23(22)31-17-20(28)16-26(2)15-19-9-11-21(12-10-19)30-18-24-25-13-14-27(24)3/h5-14,20,28H,4,15-18H2,1-3H3/t20-/m0/s1. The van der Waals surface area contributed by atoms with Gasteiger partial charge in [-0.15, -0.1) is 0 Å². The first-order valence-corrected chi connectivity index (χ1v) is 10.4. The number of aromatic nitrogens is 2. The van der Waals surface area contributed by atoms with Gasteiger partial charge in [0.1, 0.15) is 30.9 Å². The maximum atomic E-state index is 10.4. The van der Waals surface area contributed by atoms with E-state index in [0.29, 0.717) is 37.8 Å². The molecular weight excluding hydrogens is 394 g/mol. The van der Waals surface area contributed by atoms with Crippen molar-refractivity contribution in [3.05, 3.63) is 72.3 Å². The van der Waals surface area contributed by atoms with E-state index in [4.69, 9.17) is 14.2 Å². The highest BCUT2D eigenvalue weighted by Gasteiger charge is 2.12. The van der Waals surface area contributed by atoms with Crippen LogP contribution in [-0.2, 0) is 20.2 Å². The van der Waals surface area contributed by atoms with Crippen molar-refractivity contribution in [2.75, 3.05) is 26.8 Å². The molecule has 0 fully saturated rings. The third-order valence-electron chi connectivity index (χ3n) is 4.77. The van der Waals surface area contributed by atoms with Gasteiger partial charge in [-0.25, -0.2) is 4.98 Å². The van der Waals surface area contributed by atoms with Crippen molar-refractivity contribution in [3.63, 3.8) is 0 Å². The second-order valence-corrected chi connectivity index (χ2v) is 7.43. The molecule has 0 spiro atoms. The molecule has 0 unspecified atom stereocenters. The SMILES string of the molecule is CCOc1ccccc1OC[C@@H](O)CN(C)Cc1ccc(OCc2nccn2C)cc1. The first-order chi connectivity index (χ1) is 15.0. The average molecular weight is 426 g/mol. The van der Waals surface area contributed by atoms with E-state index in [1.165, 1.54) is 0 Å². The van der Waals surface area contributed by atoms with Gasteiger partial charge in [0, 0.05) is 32.5 Å². The summed E-state index contributed by atoms with van der Waals surface area (Å²) in [6, 6.07) is 15.5. The van der Waals surface area contributed by atoms with E-state index in [2.05, 4.69) is 9.88 Å². The summed E-state index contributed by atoms with van der Waals surface area (Å²) in [6.07, 6.45) is 3.05. The van der Waals surface area contributed by atoms with Gasteiger partial charge < -0.3 is 23.9 Å². The van der Waals surface area contributed by atoms with Crippen LogP contribution in [0.15, 0.2) is 60.9 Å². The normalized spacial score (nSPS) is 12.0. The maximum absolute atomic E-state index is 10.4. The Kier molecular flexibility index (Phi) is 8.32. The minimum atomic E-state index is -0.611. The first-order valence-electron chi connectivity index (χ1n) is 10.4. The Morgan fingerprint density at radius 2 is 1.74 bits per heavy atom. The summed E-state index contributed by atoms with van der Waals surface area (Å²) in [4.78, 5) is 6.32. The number of rotatable bonds is 12.